The monoisotopic (exact) mass is 356 g/mol. The summed E-state index contributed by atoms with van der Waals surface area (Å²) in [6.07, 6.45) is 0.847. The molecule has 1 N–H and O–H groups in total. The Morgan fingerprint density at radius 2 is 1.88 bits per heavy atom. The highest BCUT2D eigenvalue weighted by molar-refractivity contribution is 7.92. The maximum Gasteiger partial charge on any atom is 0.262 e. The number of rotatable bonds is 5. The van der Waals surface area contributed by atoms with Crippen molar-refractivity contribution in [2.24, 2.45) is 0 Å². The molecule has 1 heterocycles. The second-order valence-corrected chi connectivity index (χ2v) is 7.62. The van der Waals surface area contributed by atoms with E-state index in [0.29, 0.717) is 17.0 Å². The van der Waals surface area contributed by atoms with Crippen molar-refractivity contribution >= 4 is 15.7 Å². The molecule has 0 aliphatic rings. The quantitative estimate of drug-likeness (QED) is 0.739. The maximum atomic E-state index is 12.7. The molecule has 0 bridgehead atoms. The van der Waals surface area contributed by atoms with E-state index < -0.39 is 10.0 Å². The Labute approximate surface area is 147 Å². The van der Waals surface area contributed by atoms with Crippen molar-refractivity contribution in [3.8, 4) is 11.3 Å². The standard InChI is InChI=1S/C19H20N2O3S/c1-4-15-6-5-7-17(12-15)21-25(22,23)19-9-8-16(10-13(19)2)18-11-14(3)20-24-18/h5-12,21H,4H2,1-3H3. The SMILES string of the molecule is CCc1cccc(NS(=O)(=O)c2ccc(-c3cc(C)no3)cc2C)c1. The lowest BCUT2D eigenvalue weighted by Crippen LogP contribution is -2.14. The number of aryl methyl sites for hydroxylation is 3. The van der Waals surface area contributed by atoms with E-state index in [2.05, 4.69) is 9.88 Å². The Hall–Kier alpha value is -2.60. The van der Waals surface area contributed by atoms with E-state index in [0.717, 1.165) is 23.2 Å². The van der Waals surface area contributed by atoms with E-state index in [1.54, 1.807) is 31.2 Å². The molecular weight excluding hydrogens is 336 g/mol. The number of sulfonamides is 1. The molecule has 0 saturated heterocycles. The van der Waals surface area contributed by atoms with Crippen LogP contribution in [0, 0.1) is 13.8 Å². The van der Waals surface area contributed by atoms with Crippen LogP contribution in [0.5, 0.6) is 0 Å². The van der Waals surface area contributed by atoms with Gasteiger partial charge in [0.2, 0.25) is 0 Å². The van der Waals surface area contributed by atoms with Gasteiger partial charge in [0.15, 0.2) is 5.76 Å². The fourth-order valence-corrected chi connectivity index (χ4v) is 3.95. The lowest BCUT2D eigenvalue weighted by molar-refractivity contribution is 0.427. The van der Waals surface area contributed by atoms with Gasteiger partial charge in [-0.25, -0.2) is 8.42 Å². The van der Waals surface area contributed by atoms with E-state index in [-0.39, 0.29) is 4.90 Å². The van der Waals surface area contributed by atoms with Crippen molar-refractivity contribution in [3.63, 3.8) is 0 Å². The molecule has 0 fully saturated rings. The Kier molecular flexibility index (Phi) is 4.63. The zero-order valence-corrected chi connectivity index (χ0v) is 15.2. The molecule has 5 nitrogen and oxygen atoms in total. The van der Waals surface area contributed by atoms with Crippen LogP contribution in [0.3, 0.4) is 0 Å². The largest absolute Gasteiger partial charge is 0.356 e. The van der Waals surface area contributed by atoms with Crippen LogP contribution in [0.1, 0.15) is 23.7 Å². The smallest absolute Gasteiger partial charge is 0.262 e. The van der Waals surface area contributed by atoms with Gasteiger partial charge in [-0.05, 0) is 61.7 Å². The van der Waals surface area contributed by atoms with Crippen LogP contribution in [-0.2, 0) is 16.4 Å². The summed E-state index contributed by atoms with van der Waals surface area (Å²) in [5, 5.41) is 3.86. The molecule has 130 valence electrons. The Morgan fingerprint density at radius 3 is 2.52 bits per heavy atom. The summed E-state index contributed by atoms with van der Waals surface area (Å²) in [5.74, 6) is 0.619. The number of aromatic nitrogens is 1. The molecule has 25 heavy (non-hydrogen) atoms. The van der Waals surface area contributed by atoms with Crippen LogP contribution in [0.25, 0.3) is 11.3 Å². The molecule has 0 amide bonds. The summed E-state index contributed by atoms with van der Waals surface area (Å²) < 4.78 is 33.3. The van der Waals surface area contributed by atoms with E-state index in [1.165, 1.54) is 0 Å². The van der Waals surface area contributed by atoms with Gasteiger partial charge >= 0.3 is 0 Å². The maximum absolute atomic E-state index is 12.7. The van der Waals surface area contributed by atoms with Gasteiger partial charge in [-0.3, -0.25) is 4.72 Å². The number of anilines is 1. The average Bonchev–Trinajstić information content (AvgIpc) is 3.00. The minimum absolute atomic E-state index is 0.245. The highest BCUT2D eigenvalue weighted by Gasteiger charge is 2.18. The Bertz CT molecular complexity index is 1010. The summed E-state index contributed by atoms with van der Waals surface area (Å²) in [7, 11) is -3.66. The second kappa shape index (κ2) is 6.72. The number of nitrogens with zero attached hydrogens (tertiary/aromatic N) is 1. The number of hydrogen-bond donors (Lipinski definition) is 1. The van der Waals surface area contributed by atoms with Crippen molar-refractivity contribution < 1.29 is 12.9 Å². The van der Waals surface area contributed by atoms with Gasteiger partial charge in [-0.2, -0.15) is 0 Å². The summed E-state index contributed by atoms with van der Waals surface area (Å²) in [6.45, 7) is 5.64. The minimum atomic E-state index is -3.66. The third-order valence-corrected chi connectivity index (χ3v) is 5.51. The van der Waals surface area contributed by atoms with E-state index >= 15 is 0 Å². The van der Waals surface area contributed by atoms with Crippen LogP contribution >= 0.6 is 0 Å². The first-order chi connectivity index (χ1) is 11.9. The fraction of sp³-hybridized carbons (Fsp3) is 0.211. The van der Waals surface area contributed by atoms with E-state index in [4.69, 9.17) is 4.52 Å². The molecule has 0 aliphatic heterocycles. The predicted molar refractivity (Wildman–Crippen MR) is 98.0 cm³/mol. The summed E-state index contributed by atoms with van der Waals surface area (Å²) >= 11 is 0. The molecule has 6 heteroatoms. The lowest BCUT2D eigenvalue weighted by atomic mass is 10.1. The van der Waals surface area contributed by atoms with Gasteiger partial charge in [0.05, 0.1) is 10.6 Å². The summed E-state index contributed by atoms with van der Waals surface area (Å²) in [5.41, 5.74) is 3.86. The van der Waals surface area contributed by atoms with Gasteiger partial charge in [0, 0.05) is 17.3 Å². The zero-order valence-electron chi connectivity index (χ0n) is 14.4. The second-order valence-electron chi connectivity index (χ2n) is 5.97. The first kappa shape index (κ1) is 17.2. The minimum Gasteiger partial charge on any atom is -0.356 e. The molecule has 3 rings (SSSR count). The Balaban J connectivity index is 1.91. The number of hydrogen-bond acceptors (Lipinski definition) is 4. The van der Waals surface area contributed by atoms with Gasteiger partial charge in [0.25, 0.3) is 10.0 Å². The van der Waals surface area contributed by atoms with Gasteiger partial charge < -0.3 is 4.52 Å². The lowest BCUT2D eigenvalue weighted by Gasteiger charge is -2.12. The molecule has 3 aromatic rings. The van der Waals surface area contributed by atoms with E-state index in [1.807, 2.05) is 38.1 Å². The molecule has 0 unspecified atom stereocenters. The average molecular weight is 356 g/mol. The highest BCUT2D eigenvalue weighted by atomic mass is 32.2. The van der Waals surface area contributed by atoms with Crippen molar-refractivity contribution in [1.29, 1.82) is 0 Å². The first-order valence-electron chi connectivity index (χ1n) is 8.05. The third kappa shape index (κ3) is 3.74. The first-order valence-corrected chi connectivity index (χ1v) is 9.53. The summed E-state index contributed by atoms with van der Waals surface area (Å²) in [6, 6.07) is 14.3. The molecule has 0 spiro atoms. The normalized spacial score (nSPS) is 11.5. The van der Waals surface area contributed by atoms with Crippen LogP contribution in [0.4, 0.5) is 5.69 Å². The van der Waals surface area contributed by atoms with Crippen molar-refractivity contribution in [3.05, 3.63) is 65.4 Å². The van der Waals surface area contributed by atoms with Gasteiger partial charge in [-0.1, -0.05) is 24.2 Å². The predicted octanol–water partition coefficient (Wildman–Crippen LogP) is 4.32. The molecule has 0 aliphatic carbocycles. The molecule has 1 aromatic heterocycles. The zero-order chi connectivity index (χ0) is 18.0. The number of nitrogens with one attached hydrogen (secondary N) is 1. The summed E-state index contributed by atoms with van der Waals surface area (Å²) in [4.78, 5) is 0.245. The fourth-order valence-electron chi connectivity index (χ4n) is 2.67. The van der Waals surface area contributed by atoms with Crippen LogP contribution in [0.15, 0.2) is 57.9 Å². The van der Waals surface area contributed by atoms with Gasteiger partial charge in [-0.15, -0.1) is 0 Å². The van der Waals surface area contributed by atoms with Crippen LogP contribution in [0.2, 0.25) is 0 Å². The number of benzene rings is 2. The van der Waals surface area contributed by atoms with E-state index in [9.17, 15) is 8.42 Å². The van der Waals surface area contributed by atoms with Crippen LogP contribution < -0.4 is 4.72 Å². The van der Waals surface area contributed by atoms with Crippen molar-refractivity contribution in [2.75, 3.05) is 4.72 Å². The molecule has 0 atom stereocenters. The molecule has 2 aromatic carbocycles. The third-order valence-electron chi connectivity index (χ3n) is 3.96. The molecule has 0 radical (unpaired) electrons. The van der Waals surface area contributed by atoms with Crippen molar-refractivity contribution in [1.82, 2.24) is 5.16 Å². The Morgan fingerprint density at radius 1 is 1.08 bits per heavy atom. The van der Waals surface area contributed by atoms with Crippen molar-refractivity contribution in [2.45, 2.75) is 32.1 Å². The van der Waals surface area contributed by atoms with Crippen LogP contribution in [-0.4, -0.2) is 13.6 Å². The highest BCUT2D eigenvalue weighted by Crippen LogP contribution is 2.26. The van der Waals surface area contributed by atoms with Gasteiger partial charge in [0.1, 0.15) is 0 Å². The molecular formula is C19H20N2O3S. The molecule has 0 saturated carbocycles. The topological polar surface area (TPSA) is 72.2 Å².